The van der Waals surface area contributed by atoms with Crippen molar-refractivity contribution in [2.75, 3.05) is 0 Å². The van der Waals surface area contributed by atoms with Crippen LogP contribution in [0, 0.1) is 0 Å². The summed E-state index contributed by atoms with van der Waals surface area (Å²) < 4.78 is 1.47. The molecule has 1 fully saturated rings. The monoisotopic (exact) mass is 353 g/mol. The number of nitrogens with two attached hydrogens (primary N) is 1. The molecule has 1 aliphatic carbocycles. The molecule has 2 aromatic rings. The van der Waals surface area contributed by atoms with Crippen molar-refractivity contribution in [1.29, 1.82) is 0 Å². The van der Waals surface area contributed by atoms with Crippen LogP contribution in [0.1, 0.15) is 51.6 Å². The van der Waals surface area contributed by atoms with Gasteiger partial charge in [-0.25, -0.2) is 0 Å². The van der Waals surface area contributed by atoms with E-state index in [1.54, 1.807) is 31.4 Å². The molecule has 0 unspecified atom stereocenters. The van der Waals surface area contributed by atoms with Crippen molar-refractivity contribution in [3.63, 3.8) is 0 Å². The Hall–Kier alpha value is -2.89. The van der Waals surface area contributed by atoms with E-state index in [9.17, 15) is 14.4 Å². The summed E-state index contributed by atoms with van der Waals surface area (Å²) in [4.78, 5) is 38.2. The minimum absolute atomic E-state index is 0.0657. The average Bonchev–Trinajstić information content (AvgIpc) is 3.46. The van der Waals surface area contributed by atoms with E-state index in [-0.39, 0.29) is 17.5 Å². The topological polar surface area (TPSA) is 85.4 Å². The van der Waals surface area contributed by atoms with E-state index in [0.29, 0.717) is 29.7 Å². The number of primary amides is 1. The van der Waals surface area contributed by atoms with Crippen LogP contribution in [0.3, 0.4) is 0 Å². The normalized spacial score (nSPS) is 13.5. The molecule has 1 aromatic heterocycles. The van der Waals surface area contributed by atoms with Crippen LogP contribution in [-0.2, 0) is 20.0 Å². The molecule has 1 aliphatic rings. The second-order valence-corrected chi connectivity index (χ2v) is 6.75. The molecule has 26 heavy (non-hydrogen) atoms. The molecule has 0 spiro atoms. The zero-order chi connectivity index (χ0) is 18.8. The van der Waals surface area contributed by atoms with E-state index in [1.165, 1.54) is 4.57 Å². The van der Waals surface area contributed by atoms with Crippen LogP contribution in [0.15, 0.2) is 41.3 Å². The SMILES string of the molecule is CCc1cc(C(=O)N(Cc2ccc(C(N)=O)cc2)C2CC2)cn(C)c1=O. The largest absolute Gasteiger partial charge is 0.366 e. The molecule has 1 aromatic carbocycles. The van der Waals surface area contributed by atoms with Gasteiger partial charge < -0.3 is 15.2 Å². The number of aromatic nitrogens is 1. The van der Waals surface area contributed by atoms with Gasteiger partial charge in [0, 0.05) is 37.0 Å². The van der Waals surface area contributed by atoms with Crippen molar-refractivity contribution in [1.82, 2.24) is 9.47 Å². The maximum Gasteiger partial charge on any atom is 0.255 e. The second-order valence-electron chi connectivity index (χ2n) is 6.75. The Labute approximate surface area is 152 Å². The van der Waals surface area contributed by atoms with Crippen molar-refractivity contribution < 1.29 is 9.59 Å². The maximum atomic E-state index is 13.1. The smallest absolute Gasteiger partial charge is 0.255 e. The van der Waals surface area contributed by atoms with Gasteiger partial charge in [-0.15, -0.1) is 0 Å². The lowest BCUT2D eigenvalue weighted by Gasteiger charge is -2.23. The Balaban J connectivity index is 1.86. The molecule has 3 rings (SSSR count). The zero-order valence-electron chi connectivity index (χ0n) is 15.1. The summed E-state index contributed by atoms with van der Waals surface area (Å²) in [5.41, 5.74) is 7.76. The summed E-state index contributed by atoms with van der Waals surface area (Å²) in [6.45, 7) is 2.37. The lowest BCUT2D eigenvalue weighted by Crippen LogP contribution is -2.34. The number of rotatable bonds is 6. The summed E-state index contributed by atoms with van der Waals surface area (Å²) in [6.07, 6.45) is 4.16. The summed E-state index contributed by atoms with van der Waals surface area (Å²) in [6, 6.07) is 8.92. The number of amides is 2. The fourth-order valence-electron chi connectivity index (χ4n) is 3.04. The van der Waals surface area contributed by atoms with Gasteiger partial charge in [0.2, 0.25) is 5.91 Å². The van der Waals surface area contributed by atoms with E-state index in [2.05, 4.69) is 0 Å². The van der Waals surface area contributed by atoms with E-state index in [0.717, 1.165) is 18.4 Å². The minimum Gasteiger partial charge on any atom is -0.366 e. The van der Waals surface area contributed by atoms with Gasteiger partial charge in [0.05, 0.1) is 5.56 Å². The Morgan fingerprint density at radius 1 is 1.19 bits per heavy atom. The van der Waals surface area contributed by atoms with Crippen LogP contribution in [0.5, 0.6) is 0 Å². The molecule has 6 heteroatoms. The van der Waals surface area contributed by atoms with Crippen molar-refractivity contribution in [2.24, 2.45) is 12.8 Å². The van der Waals surface area contributed by atoms with Crippen molar-refractivity contribution in [3.8, 4) is 0 Å². The third-order valence-electron chi connectivity index (χ3n) is 4.73. The number of carbonyl (C=O) groups excluding carboxylic acids is 2. The average molecular weight is 353 g/mol. The van der Waals surface area contributed by atoms with Crippen molar-refractivity contribution >= 4 is 11.8 Å². The summed E-state index contributed by atoms with van der Waals surface area (Å²) in [5, 5.41) is 0. The molecule has 0 saturated heterocycles. The number of hydrogen-bond donors (Lipinski definition) is 1. The van der Waals surface area contributed by atoms with Crippen molar-refractivity contribution in [2.45, 2.75) is 38.8 Å². The minimum atomic E-state index is -0.469. The van der Waals surface area contributed by atoms with Gasteiger partial charge in [-0.1, -0.05) is 19.1 Å². The summed E-state index contributed by atoms with van der Waals surface area (Å²) in [5.74, 6) is -0.541. The molecule has 0 bridgehead atoms. The highest BCUT2D eigenvalue weighted by atomic mass is 16.2. The van der Waals surface area contributed by atoms with Gasteiger partial charge in [0.25, 0.3) is 11.5 Å². The first kappa shape index (κ1) is 17.9. The van der Waals surface area contributed by atoms with Crippen LogP contribution < -0.4 is 11.3 Å². The van der Waals surface area contributed by atoms with Gasteiger partial charge >= 0.3 is 0 Å². The number of benzene rings is 1. The predicted molar refractivity (Wildman–Crippen MR) is 98.9 cm³/mol. The number of aryl methyl sites for hydroxylation is 2. The Kier molecular flexibility index (Phi) is 4.93. The number of nitrogens with zero attached hydrogens (tertiary/aromatic N) is 2. The zero-order valence-corrected chi connectivity index (χ0v) is 15.1. The van der Waals surface area contributed by atoms with Gasteiger partial charge in [0.15, 0.2) is 0 Å². The highest BCUT2D eigenvalue weighted by molar-refractivity contribution is 5.94. The molecule has 2 amide bonds. The number of carbonyl (C=O) groups is 2. The Morgan fingerprint density at radius 2 is 1.85 bits per heavy atom. The molecule has 6 nitrogen and oxygen atoms in total. The third kappa shape index (κ3) is 3.69. The molecule has 1 heterocycles. The maximum absolute atomic E-state index is 13.1. The predicted octanol–water partition coefficient (Wildman–Crippen LogP) is 1.85. The van der Waals surface area contributed by atoms with Crippen LogP contribution in [-0.4, -0.2) is 27.3 Å². The van der Waals surface area contributed by atoms with E-state index in [4.69, 9.17) is 5.73 Å². The first-order chi connectivity index (χ1) is 12.4. The molecule has 2 N–H and O–H groups in total. The molecule has 0 atom stereocenters. The summed E-state index contributed by atoms with van der Waals surface area (Å²) >= 11 is 0. The Morgan fingerprint density at radius 3 is 2.38 bits per heavy atom. The first-order valence-corrected chi connectivity index (χ1v) is 8.80. The fraction of sp³-hybridized carbons (Fsp3) is 0.350. The third-order valence-corrected chi connectivity index (χ3v) is 4.73. The number of pyridine rings is 1. The van der Waals surface area contributed by atoms with E-state index >= 15 is 0 Å². The quantitative estimate of drug-likeness (QED) is 0.860. The first-order valence-electron chi connectivity index (χ1n) is 8.80. The van der Waals surface area contributed by atoms with Crippen molar-refractivity contribution in [3.05, 3.63) is 69.1 Å². The number of hydrogen-bond acceptors (Lipinski definition) is 3. The highest BCUT2D eigenvalue weighted by Crippen LogP contribution is 2.30. The lowest BCUT2D eigenvalue weighted by atomic mass is 10.1. The highest BCUT2D eigenvalue weighted by Gasteiger charge is 2.33. The van der Waals surface area contributed by atoms with Gasteiger partial charge in [-0.05, 0) is 43.0 Å². The van der Waals surface area contributed by atoms with Crippen LogP contribution in [0.4, 0.5) is 0 Å². The van der Waals surface area contributed by atoms with E-state index in [1.807, 2.05) is 24.0 Å². The second kappa shape index (κ2) is 7.15. The molecular weight excluding hydrogens is 330 g/mol. The molecule has 0 aliphatic heterocycles. The molecule has 1 saturated carbocycles. The standard InChI is InChI=1S/C20H23N3O3/c1-3-14-10-16(12-22(2)19(14)25)20(26)23(17-8-9-17)11-13-4-6-15(7-5-13)18(21)24/h4-7,10,12,17H,3,8-9,11H2,1-2H3,(H2,21,24). The van der Waals surface area contributed by atoms with Crippen LogP contribution in [0.2, 0.25) is 0 Å². The Bertz CT molecular complexity index is 896. The molecule has 0 radical (unpaired) electrons. The molecular formula is C20H23N3O3. The van der Waals surface area contributed by atoms with Crippen LogP contribution in [0.25, 0.3) is 0 Å². The fourth-order valence-corrected chi connectivity index (χ4v) is 3.04. The van der Waals surface area contributed by atoms with E-state index < -0.39 is 5.91 Å². The van der Waals surface area contributed by atoms with Gasteiger partial charge in [0.1, 0.15) is 0 Å². The summed E-state index contributed by atoms with van der Waals surface area (Å²) in [7, 11) is 1.67. The van der Waals surface area contributed by atoms with Gasteiger partial charge in [-0.3, -0.25) is 14.4 Å². The lowest BCUT2D eigenvalue weighted by molar-refractivity contribution is 0.0728. The molecule has 136 valence electrons. The van der Waals surface area contributed by atoms with Crippen LogP contribution >= 0.6 is 0 Å². The van der Waals surface area contributed by atoms with Gasteiger partial charge in [-0.2, -0.15) is 0 Å².